The number of hydrogen-bond acceptors (Lipinski definition) is 4. The molecule has 0 radical (unpaired) electrons. The third kappa shape index (κ3) is 4.48. The number of unbranched alkanes of at least 4 members (excludes halogenated alkanes) is 1. The predicted molar refractivity (Wildman–Crippen MR) is 79.8 cm³/mol. The highest BCUT2D eigenvalue weighted by Gasteiger charge is 2.16. The molecule has 5 heteroatoms. The second-order valence-corrected chi connectivity index (χ2v) is 4.21. The fraction of sp³-hybridized carbons (Fsp3) is 0.571. The van der Waals surface area contributed by atoms with E-state index in [9.17, 15) is 0 Å². The predicted octanol–water partition coefficient (Wildman–Crippen LogP) is 3.32. The van der Waals surface area contributed by atoms with Crippen LogP contribution in [0.2, 0.25) is 0 Å². The van der Waals surface area contributed by atoms with Gasteiger partial charge in [0.2, 0.25) is 5.75 Å². The Labute approximate surface area is 121 Å². The Morgan fingerprint density at radius 3 is 1.95 bits per heavy atom. The number of methoxy groups -OCH3 is 3. The molecule has 0 amide bonds. The van der Waals surface area contributed by atoms with Crippen molar-refractivity contribution >= 4 is 12.4 Å². The largest absolute Gasteiger partial charge is 0.493 e. The normalized spacial score (nSPS) is 11.4. The molecule has 0 aliphatic carbocycles. The average Bonchev–Trinajstić information content (AvgIpc) is 2.42. The van der Waals surface area contributed by atoms with Crippen molar-refractivity contribution in [3.63, 3.8) is 0 Å². The van der Waals surface area contributed by atoms with Gasteiger partial charge in [0, 0.05) is 6.04 Å². The van der Waals surface area contributed by atoms with Crippen molar-refractivity contribution in [1.82, 2.24) is 0 Å². The van der Waals surface area contributed by atoms with Crippen molar-refractivity contribution in [3.8, 4) is 17.2 Å². The summed E-state index contributed by atoms with van der Waals surface area (Å²) in [6, 6.07) is 3.84. The Bertz CT molecular complexity index is 360. The Morgan fingerprint density at radius 2 is 1.58 bits per heavy atom. The van der Waals surface area contributed by atoms with E-state index in [1.165, 1.54) is 0 Å². The lowest BCUT2D eigenvalue weighted by Crippen LogP contribution is -2.11. The van der Waals surface area contributed by atoms with Gasteiger partial charge in [0.05, 0.1) is 21.3 Å². The minimum Gasteiger partial charge on any atom is -0.493 e. The molecule has 0 bridgehead atoms. The van der Waals surface area contributed by atoms with E-state index >= 15 is 0 Å². The average molecular weight is 290 g/mol. The van der Waals surface area contributed by atoms with Crippen LogP contribution in [0.5, 0.6) is 17.2 Å². The zero-order valence-corrected chi connectivity index (χ0v) is 12.9. The molecule has 1 aromatic rings. The highest BCUT2D eigenvalue weighted by atomic mass is 35.5. The molecule has 1 aromatic carbocycles. The Balaban J connectivity index is 0.00000324. The molecule has 0 aromatic heterocycles. The Hall–Kier alpha value is -1.13. The SMILES string of the molecule is CCCC[C@@H](N)c1cc(OC)c(OC)c(OC)c1.Cl. The van der Waals surface area contributed by atoms with Gasteiger partial charge in [0.15, 0.2) is 11.5 Å². The summed E-state index contributed by atoms with van der Waals surface area (Å²) in [4.78, 5) is 0. The van der Waals surface area contributed by atoms with Gasteiger partial charge in [0.1, 0.15) is 0 Å². The number of nitrogens with two attached hydrogens (primary N) is 1. The first-order chi connectivity index (χ1) is 8.67. The van der Waals surface area contributed by atoms with E-state index < -0.39 is 0 Å². The van der Waals surface area contributed by atoms with E-state index in [1.807, 2.05) is 12.1 Å². The number of benzene rings is 1. The third-order valence-electron chi connectivity index (χ3n) is 2.98. The van der Waals surface area contributed by atoms with E-state index in [0.29, 0.717) is 17.2 Å². The third-order valence-corrected chi connectivity index (χ3v) is 2.98. The fourth-order valence-corrected chi connectivity index (χ4v) is 1.91. The first kappa shape index (κ1) is 17.9. The van der Waals surface area contributed by atoms with Crippen molar-refractivity contribution in [2.45, 2.75) is 32.2 Å². The molecule has 0 saturated heterocycles. The molecule has 19 heavy (non-hydrogen) atoms. The topological polar surface area (TPSA) is 53.7 Å². The quantitative estimate of drug-likeness (QED) is 0.836. The minimum atomic E-state index is -0.00124. The van der Waals surface area contributed by atoms with Crippen molar-refractivity contribution < 1.29 is 14.2 Å². The molecule has 2 N–H and O–H groups in total. The summed E-state index contributed by atoms with van der Waals surface area (Å²) in [5, 5.41) is 0. The molecule has 0 saturated carbocycles. The van der Waals surface area contributed by atoms with Crippen LogP contribution in [0.15, 0.2) is 12.1 Å². The second kappa shape index (κ2) is 8.88. The van der Waals surface area contributed by atoms with Gasteiger partial charge >= 0.3 is 0 Å². The maximum absolute atomic E-state index is 6.17. The number of halogens is 1. The summed E-state index contributed by atoms with van der Waals surface area (Å²) < 4.78 is 15.9. The number of ether oxygens (including phenoxy) is 3. The highest BCUT2D eigenvalue weighted by Crippen LogP contribution is 2.39. The number of rotatable bonds is 7. The van der Waals surface area contributed by atoms with Crippen LogP contribution in [-0.4, -0.2) is 21.3 Å². The summed E-state index contributed by atoms with van der Waals surface area (Å²) in [6.07, 6.45) is 3.20. The molecule has 1 rings (SSSR count). The summed E-state index contributed by atoms with van der Waals surface area (Å²) in [7, 11) is 4.81. The minimum absolute atomic E-state index is 0. The van der Waals surface area contributed by atoms with Gasteiger partial charge in [-0.05, 0) is 24.1 Å². The zero-order valence-electron chi connectivity index (χ0n) is 12.1. The van der Waals surface area contributed by atoms with Crippen LogP contribution in [0.3, 0.4) is 0 Å². The first-order valence-corrected chi connectivity index (χ1v) is 6.23. The lowest BCUT2D eigenvalue weighted by Gasteiger charge is -2.17. The molecule has 1 atom stereocenters. The summed E-state index contributed by atoms with van der Waals surface area (Å²) in [5.74, 6) is 1.91. The van der Waals surface area contributed by atoms with Crippen LogP contribution in [0.1, 0.15) is 37.8 Å². The molecular weight excluding hydrogens is 266 g/mol. The fourth-order valence-electron chi connectivity index (χ4n) is 1.91. The molecule has 0 fully saturated rings. The van der Waals surface area contributed by atoms with Crippen LogP contribution < -0.4 is 19.9 Å². The number of hydrogen-bond donors (Lipinski definition) is 1. The maximum atomic E-state index is 6.17. The summed E-state index contributed by atoms with van der Waals surface area (Å²) in [5.41, 5.74) is 7.18. The molecule has 0 spiro atoms. The lowest BCUT2D eigenvalue weighted by atomic mass is 10.0. The monoisotopic (exact) mass is 289 g/mol. The molecule has 4 nitrogen and oxygen atoms in total. The Morgan fingerprint density at radius 1 is 1.05 bits per heavy atom. The van der Waals surface area contributed by atoms with Gasteiger partial charge in [0.25, 0.3) is 0 Å². The van der Waals surface area contributed by atoms with E-state index in [0.717, 1.165) is 24.8 Å². The maximum Gasteiger partial charge on any atom is 0.203 e. The van der Waals surface area contributed by atoms with E-state index in [4.69, 9.17) is 19.9 Å². The zero-order chi connectivity index (χ0) is 13.5. The second-order valence-electron chi connectivity index (χ2n) is 4.21. The van der Waals surface area contributed by atoms with Crippen molar-refractivity contribution in [2.75, 3.05) is 21.3 Å². The van der Waals surface area contributed by atoms with Crippen molar-refractivity contribution in [1.29, 1.82) is 0 Å². The van der Waals surface area contributed by atoms with Crippen LogP contribution in [0.4, 0.5) is 0 Å². The molecule has 0 aliphatic heterocycles. The van der Waals surface area contributed by atoms with E-state index in [1.54, 1.807) is 21.3 Å². The molecule has 0 aliphatic rings. The Kier molecular flexibility index (Phi) is 8.35. The molecule has 0 unspecified atom stereocenters. The molecule has 110 valence electrons. The lowest BCUT2D eigenvalue weighted by molar-refractivity contribution is 0.323. The first-order valence-electron chi connectivity index (χ1n) is 6.23. The van der Waals surface area contributed by atoms with Gasteiger partial charge in [-0.15, -0.1) is 12.4 Å². The molecular formula is C14H24ClNO3. The van der Waals surface area contributed by atoms with Gasteiger partial charge in [-0.2, -0.15) is 0 Å². The smallest absolute Gasteiger partial charge is 0.203 e. The highest BCUT2D eigenvalue weighted by molar-refractivity contribution is 5.85. The summed E-state index contributed by atoms with van der Waals surface area (Å²) >= 11 is 0. The van der Waals surface area contributed by atoms with Crippen LogP contribution in [-0.2, 0) is 0 Å². The van der Waals surface area contributed by atoms with Gasteiger partial charge < -0.3 is 19.9 Å². The van der Waals surface area contributed by atoms with Gasteiger partial charge in [-0.25, -0.2) is 0 Å². The van der Waals surface area contributed by atoms with Gasteiger partial charge in [-0.3, -0.25) is 0 Å². The van der Waals surface area contributed by atoms with E-state index in [2.05, 4.69) is 6.92 Å². The van der Waals surface area contributed by atoms with Crippen molar-refractivity contribution in [3.05, 3.63) is 17.7 Å². The van der Waals surface area contributed by atoms with E-state index in [-0.39, 0.29) is 18.4 Å². The van der Waals surface area contributed by atoms with Gasteiger partial charge in [-0.1, -0.05) is 19.8 Å². The van der Waals surface area contributed by atoms with Crippen molar-refractivity contribution in [2.24, 2.45) is 5.73 Å². The standard InChI is InChI=1S/C14H23NO3.ClH/c1-5-6-7-11(15)10-8-12(16-2)14(18-4)13(9-10)17-3;/h8-9,11H,5-7,15H2,1-4H3;1H/t11-;/m1./s1. The summed E-state index contributed by atoms with van der Waals surface area (Å²) in [6.45, 7) is 2.15. The van der Waals surface area contributed by atoms with Crippen LogP contribution in [0, 0.1) is 0 Å². The van der Waals surface area contributed by atoms with Crippen LogP contribution in [0.25, 0.3) is 0 Å². The van der Waals surface area contributed by atoms with Crippen LogP contribution >= 0.6 is 12.4 Å². The molecule has 0 heterocycles.